The number of hydrogen-bond donors (Lipinski definition) is 1. The van der Waals surface area contributed by atoms with Gasteiger partial charge in [0.1, 0.15) is 5.56 Å². The second kappa shape index (κ2) is 4.70. The molecule has 0 radical (unpaired) electrons. The monoisotopic (exact) mass is 279 g/mol. The van der Waals surface area contributed by atoms with Gasteiger partial charge in [-0.3, -0.25) is 4.79 Å². The lowest BCUT2D eigenvalue weighted by Crippen LogP contribution is -2.27. The molecule has 5 heteroatoms. The quantitative estimate of drug-likeness (QED) is 0.919. The van der Waals surface area contributed by atoms with E-state index in [0.29, 0.717) is 21.5 Å². The van der Waals surface area contributed by atoms with Crippen molar-refractivity contribution in [2.75, 3.05) is 0 Å². The molecular weight excluding hydrogens is 266 g/mol. The standard InChI is InChI=1S/C14H14ClNO3/c1-7(2)11-9-6-8(15)4-5-10(9)16(3)13(17)12(11)14(18)19/h4-7H,1-3H3,(H,18,19). The minimum absolute atomic E-state index is 0.0824. The summed E-state index contributed by atoms with van der Waals surface area (Å²) in [6, 6.07) is 5.13. The number of aromatic nitrogens is 1. The summed E-state index contributed by atoms with van der Waals surface area (Å²) in [7, 11) is 1.56. The molecule has 1 heterocycles. The zero-order valence-corrected chi connectivity index (χ0v) is 11.7. The summed E-state index contributed by atoms with van der Waals surface area (Å²) in [5.41, 5.74) is 0.550. The third-order valence-electron chi connectivity index (χ3n) is 3.19. The Hall–Kier alpha value is -1.81. The third kappa shape index (κ3) is 2.12. The van der Waals surface area contributed by atoms with E-state index in [0.717, 1.165) is 0 Å². The zero-order valence-electron chi connectivity index (χ0n) is 10.9. The average molecular weight is 280 g/mol. The molecule has 0 saturated carbocycles. The Morgan fingerprint density at radius 3 is 2.53 bits per heavy atom. The minimum Gasteiger partial charge on any atom is -0.477 e. The van der Waals surface area contributed by atoms with Gasteiger partial charge < -0.3 is 9.67 Å². The minimum atomic E-state index is -1.20. The van der Waals surface area contributed by atoms with Gasteiger partial charge in [0, 0.05) is 17.5 Å². The molecule has 0 unspecified atom stereocenters. The summed E-state index contributed by atoms with van der Waals surface area (Å²) < 4.78 is 1.35. The summed E-state index contributed by atoms with van der Waals surface area (Å²) in [6.45, 7) is 3.73. The first-order chi connectivity index (χ1) is 8.84. The first kappa shape index (κ1) is 13.6. The fourth-order valence-electron chi connectivity index (χ4n) is 2.35. The predicted molar refractivity (Wildman–Crippen MR) is 75.2 cm³/mol. The maximum atomic E-state index is 12.2. The van der Waals surface area contributed by atoms with Gasteiger partial charge in [-0.1, -0.05) is 25.4 Å². The number of rotatable bonds is 2. The molecule has 4 nitrogen and oxygen atoms in total. The maximum absolute atomic E-state index is 12.2. The van der Waals surface area contributed by atoms with Crippen molar-refractivity contribution in [1.29, 1.82) is 0 Å². The fraction of sp³-hybridized carbons (Fsp3) is 0.286. The van der Waals surface area contributed by atoms with E-state index in [1.165, 1.54) is 4.57 Å². The lowest BCUT2D eigenvalue weighted by Gasteiger charge is -2.16. The molecule has 0 fully saturated rings. The van der Waals surface area contributed by atoms with Crippen molar-refractivity contribution in [3.05, 3.63) is 44.7 Å². The highest BCUT2D eigenvalue weighted by Gasteiger charge is 2.22. The summed E-state index contributed by atoms with van der Waals surface area (Å²) >= 11 is 5.98. The molecular formula is C14H14ClNO3. The Bertz CT molecular complexity index is 732. The molecule has 0 amide bonds. The SMILES string of the molecule is CC(C)c1c(C(=O)O)c(=O)n(C)c2ccc(Cl)cc12. The Morgan fingerprint density at radius 2 is 2.00 bits per heavy atom. The van der Waals surface area contributed by atoms with Crippen molar-refractivity contribution < 1.29 is 9.90 Å². The normalized spacial score (nSPS) is 11.2. The summed E-state index contributed by atoms with van der Waals surface area (Å²) in [4.78, 5) is 23.6. The van der Waals surface area contributed by atoms with E-state index < -0.39 is 11.5 Å². The van der Waals surface area contributed by atoms with E-state index in [1.807, 2.05) is 13.8 Å². The summed E-state index contributed by atoms with van der Waals surface area (Å²) in [5, 5.41) is 10.5. The lowest BCUT2D eigenvalue weighted by atomic mass is 9.93. The second-order valence-corrected chi connectivity index (χ2v) is 5.21. The molecule has 1 aromatic carbocycles. The molecule has 19 heavy (non-hydrogen) atoms. The molecule has 0 bridgehead atoms. The molecule has 0 atom stereocenters. The van der Waals surface area contributed by atoms with Crippen LogP contribution in [0.5, 0.6) is 0 Å². The number of carboxylic acid groups (broad SMARTS) is 1. The van der Waals surface area contributed by atoms with Crippen LogP contribution in [0.25, 0.3) is 10.9 Å². The van der Waals surface area contributed by atoms with Gasteiger partial charge in [0.05, 0.1) is 5.52 Å². The fourth-order valence-corrected chi connectivity index (χ4v) is 2.52. The first-order valence-electron chi connectivity index (χ1n) is 5.90. The number of hydrogen-bond acceptors (Lipinski definition) is 2. The van der Waals surface area contributed by atoms with Crippen LogP contribution in [0.3, 0.4) is 0 Å². The molecule has 0 saturated heterocycles. The van der Waals surface area contributed by atoms with Gasteiger partial charge in [-0.15, -0.1) is 0 Å². The van der Waals surface area contributed by atoms with Crippen LogP contribution < -0.4 is 5.56 Å². The van der Waals surface area contributed by atoms with Crippen LogP contribution in [-0.4, -0.2) is 15.6 Å². The number of carbonyl (C=O) groups is 1. The van der Waals surface area contributed by atoms with Crippen LogP contribution in [-0.2, 0) is 7.05 Å². The Kier molecular flexibility index (Phi) is 3.37. The highest BCUT2D eigenvalue weighted by atomic mass is 35.5. The van der Waals surface area contributed by atoms with Crippen LogP contribution in [0.2, 0.25) is 5.02 Å². The predicted octanol–water partition coefficient (Wildman–Crippen LogP) is 3.01. The van der Waals surface area contributed by atoms with Crippen molar-refractivity contribution >= 4 is 28.5 Å². The number of aromatic carboxylic acids is 1. The smallest absolute Gasteiger partial charge is 0.341 e. The number of benzene rings is 1. The first-order valence-corrected chi connectivity index (χ1v) is 6.27. The molecule has 2 rings (SSSR count). The number of halogens is 1. The van der Waals surface area contributed by atoms with Crippen LogP contribution in [0.4, 0.5) is 0 Å². The Morgan fingerprint density at radius 1 is 1.37 bits per heavy atom. The van der Waals surface area contributed by atoms with Crippen LogP contribution in [0.1, 0.15) is 35.7 Å². The highest BCUT2D eigenvalue weighted by molar-refractivity contribution is 6.31. The maximum Gasteiger partial charge on any atom is 0.341 e. The summed E-state index contributed by atoms with van der Waals surface area (Å²) in [6.07, 6.45) is 0. The van der Waals surface area contributed by atoms with Gasteiger partial charge in [0.2, 0.25) is 0 Å². The van der Waals surface area contributed by atoms with Gasteiger partial charge in [-0.25, -0.2) is 4.79 Å². The van der Waals surface area contributed by atoms with Crippen molar-refractivity contribution in [3.63, 3.8) is 0 Å². The Balaban J connectivity index is 3.10. The van der Waals surface area contributed by atoms with E-state index in [4.69, 9.17) is 11.6 Å². The van der Waals surface area contributed by atoms with E-state index in [-0.39, 0.29) is 11.5 Å². The molecule has 1 aromatic heterocycles. The van der Waals surface area contributed by atoms with E-state index >= 15 is 0 Å². The molecule has 1 N–H and O–H groups in total. The van der Waals surface area contributed by atoms with E-state index in [1.54, 1.807) is 25.2 Å². The molecule has 0 aliphatic rings. The molecule has 100 valence electrons. The number of fused-ring (bicyclic) bond motifs is 1. The van der Waals surface area contributed by atoms with Crippen LogP contribution in [0.15, 0.2) is 23.0 Å². The molecule has 2 aromatic rings. The second-order valence-electron chi connectivity index (χ2n) is 4.77. The molecule has 0 aliphatic carbocycles. The van der Waals surface area contributed by atoms with E-state index in [2.05, 4.69) is 0 Å². The van der Waals surface area contributed by atoms with Gasteiger partial charge >= 0.3 is 5.97 Å². The third-order valence-corrected chi connectivity index (χ3v) is 3.42. The van der Waals surface area contributed by atoms with Gasteiger partial charge in [0.15, 0.2) is 0 Å². The number of aryl methyl sites for hydroxylation is 1. The largest absolute Gasteiger partial charge is 0.477 e. The molecule has 0 aliphatic heterocycles. The van der Waals surface area contributed by atoms with Gasteiger partial charge in [-0.2, -0.15) is 0 Å². The van der Waals surface area contributed by atoms with Crippen LogP contribution in [0, 0.1) is 0 Å². The number of carboxylic acids is 1. The topological polar surface area (TPSA) is 59.3 Å². The Labute approximate surface area is 115 Å². The number of nitrogens with zero attached hydrogens (tertiary/aromatic N) is 1. The average Bonchev–Trinajstić information content (AvgIpc) is 2.32. The highest BCUT2D eigenvalue weighted by Crippen LogP contribution is 2.29. The van der Waals surface area contributed by atoms with Gasteiger partial charge in [0.25, 0.3) is 5.56 Å². The van der Waals surface area contributed by atoms with Crippen molar-refractivity contribution in [2.24, 2.45) is 7.05 Å². The van der Waals surface area contributed by atoms with Crippen molar-refractivity contribution in [2.45, 2.75) is 19.8 Å². The van der Waals surface area contributed by atoms with E-state index in [9.17, 15) is 14.7 Å². The van der Waals surface area contributed by atoms with Crippen LogP contribution >= 0.6 is 11.6 Å². The number of pyridine rings is 1. The lowest BCUT2D eigenvalue weighted by molar-refractivity contribution is 0.0693. The van der Waals surface area contributed by atoms with Crippen molar-refractivity contribution in [1.82, 2.24) is 4.57 Å². The molecule has 0 spiro atoms. The summed E-state index contributed by atoms with van der Waals surface area (Å²) in [5.74, 6) is -1.29. The van der Waals surface area contributed by atoms with Crippen molar-refractivity contribution in [3.8, 4) is 0 Å². The zero-order chi connectivity index (χ0) is 14.3. The van der Waals surface area contributed by atoms with Gasteiger partial charge in [-0.05, 0) is 29.7 Å².